The van der Waals surface area contributed by atoms with E-state index in [1.54, 1.807) is 6.08 Å². The summed E-state index contributed by atoms with van der Waals surface area (Å²) in [7, 11) is -2.71. The second-order valence-corrected chi connectivity index (χ2v) is 17.4. The Morgan fingerprint density at radius 1 is 1.02 bits per heavy atom. The number of piperidine rings is 1. The zero-order valence-corrected chi connectivity index (χ0v) is 26.1. The van der Waals surface area contributed by atoms with E-state index in [-0.39, 0.29) is 16.9 Å². The van der Waals surface area contributed by atoms with Crippen molar-refractivity contribution in [3.05, 3.63) is 73.3 Å². The van der Waals surface area contributed by atoms with Gasteiger partial charge in [-0.05, 0) is 72.2 Å². The molecule has 0 radical (unpaired) electrons. The highest BCUT2D eigenvalue weighted by atomic mass is 28.4. The van der Waals surface area contributed by atoms with Crippen molar-refractivity contribution < 1.29 is 22.4 Å². The fourth-order valence-corrected chi connectivity index (χ4v) is 12.6. The van der Waals surface area contributed by atoms with Crippen molar-refractivity contribution >= 4 is 24.6 Å². The number of carbonyl (C=O) groups excluding carboxylic acids is 1. The maximum absolute atomic E-state index is 13.9. The normalized spacial score (nSPS) is 24.4. The van der Waals surface area contributed by atoms with Gasteiger partial charge in [-0.3, -0.25) is 4.79 Å². The van der Waals surface area contributed by atoms with Gasteiger partial charge >= 0.3 is 12.1 Å². The minimum atomic E-state index is -4.88. The van der Waals surface area contributed by atoms with E-state index >= 15 is 0 Å². The molecule has 2 aromatic rings. The van der Waals surface area contributed by atoms with E-state index < -0.39 is 32.0 Å². The van der Waals surface area contributed by atoms with Crippen molar-refractivity contribution in [3.63, 3.8) is 0 Å². The lowest BCUT2D eigenvalue weighted by Gasteiger charge is -2.54. The van der Waals surface area contributed by atoms with Gasteiger partial charge in [0.15, 0.2) is 0 Å². The monoisotopic (exact) mass is 585 g/mol. The fourth-order valence-electron chi connectivity index (χ4n) is 8.04. The first-order chi connectivity index (χ1) is 19.4. The van der Waals surface area contributed by atoms with E-state index in [1.807, 2.05) is 12.1 Å². The van der Waals surface area contributed by atoms with E-state index in [9.17, 15) is 18.0 Å². The lowest BCUT2D eigenvalue weighted by molar-refractivity contribution is -0.201. The van der Waals surface area contributed by atoms with E-state index in [1.165, 1.54) is 15.3 Å². The SMILES string of the molecule is C=CC[C@H]1CCC[C@]2(CCC[C@@H]2[C@@H](C)CCO[Si](c2ccccc2)(c2ccccc2)C(C)(C)C)N1C(=O)C(F)(F)F. The lowest BCUT2D eigenvalue weighted by Crippen LogP contribution is -2.66. The molecule has 7 heteroatoms. The van der Waals surface area contributed by atoms with Crippen molar-refractivity contribution in [2.75, 3.05) is 6.61 Å². The number of halogens is 3. The van der Waals surface area contributed by atoms with Crippen molar-refractivity contribution in [2.45, 2.75) is 102 Å². The van der Waals surface area contributed by atoms with Gasteiger partial charge in [0.2, 0.25) is 0 Å². The predicted octanol–water partition coefficient (Wildman–Crippen LogP) is 7.65. The van der Waals surface area contributed by atoms with Crippen LogP contribution in [0.5, 0.6) is 0 Å². The van der Waals surface area contributed by atoms with Gasteiger partial charge in [0.25, 0.3) is 8.32 Å². The van der Waals surface area contributed by atoms with Crippen LogP contribution < -0.4 is 10.4 Å². The maximum Gasteiger partial charge on any atom is 0.471 e. The van der Waals surface area contributed by atoms with Crippen LogP contribution in [-0.2, 0) is 9.22 Å². The Kier molecular flexibility index (Phi) is 9.59. The van der Waals surface area contributed by atoms with Gasteiger partial charge in [-0.2, -0.15) is 13.2 Å². The molecule has 0 aromatic heterocycles. The van der Waals surface area contributed by atoms with E-state index in [4.69, 9.17) is 4.43 Å². The first kappa shape index (κ1) is 31.6. The van der Waals surface area contributed by atoms with Crippen LogP contribution in [0.25, 0.3) is 0 Å². The van der Waals surface area contributed by atoms with Gasteiger partial charge in [0, 0.05) is 18.2 Å². The highest BCUT2D eigenvalue weighted by Crippen LogP contribution is 2.53. The molecule has 1 aliphatic heterocycles. The molecule has 0 N–H and O–H groups in total. The van der Waals surface area contributed by atoms with Crippen LogP contribution in [0.4, 0.5) is 13.2 Å². The highest BCUT2D eigenvalue weighted by molar-refractivity contribution is 6.99. The summed E-state index contributed by atoms with van der Waals surface area (Å²) in [5, 5.41) is 2.28. The van der Waals surface area contributed by atoms with Crippen LogP contribution in [0, 0.1) is 11.8 Å². The van der Waals surface area contributed by atoms with Gasteiger partial charge in [-0.1, -0.05) is 101 Å². The second-order valence-electron chi connectivity index (χ2n) is 13.1. The number of hydrogen-bond acceptors (Lipinski definition) is 2. The molecule has 1 saturated heterocycles. The fraction of sp³-hybridized carbons (Fsp3) is 0.559. The molecule has 2 aromatic carbocycles. The third-order valence-electron chi connectivity index (χ3n) is 9.70. The molecule has 2 fully saturated rings. The smallest absolute Gasteiger partial charge is 0.407 e. The Morgan fingerprint density at radius 3 is 2.05 bits per heavy atom. The molecule has 1 saturated carbocycles. The maximum atomic E-state index is 13.9. The minimum Gasteiger partial charge on any atom is -0.407 e. The van der Waals surface area contributed by atoms with Gasteiger partial charge in [0.05, 0.1) is 0 Å². The molecule has 1 aliphatic carbocycles. The van der Waals surface area contributed by atoms with Crippen LogP contribution >= 0.6 is 0 Å². The number of carbonyl (C=O) groups is 1. The van der Waals surface area contributed by atoms with Crippen molar-refractivity contribution in [2.24, 2.45) is 11.8 Å². The quantitative estimate of drug-likeness (QED) is 0.224. The molecule has 2 aliphatic rings. The summed E-state index contributed by atoms with van der Waals surface area (Å²) in [6.45, 7) is 13.2. The number of likely N-dealkylation sites (tertiary alicyclic amines) is 1. The average molecular weight is 586 g/mol. The van der Waals surface area contributed by atoms with Crippen LogP contribution in [0.2, 0.25) is 5.04 Å². The van der Waals surface area contributed by atoms with Crippen LogP contribution in [0.1, 0.15) is 79.1 Å². The Labute approximate surface area is 245 Å². The molecule has 4 rings (SSSR count). The first-order valence-electron chi connectivity index (χ1n) is 15.1. The topological polar surface area (TPSA) is 29.5 Å². The molecule has 41 heavy (non-hydrogen) atoms. The van der Waals surface area contributed by atoms with E-state index in [0.29, 0.717) is 32.3 Å². The largest absolute Gasteiger partial charge is 0.471 e. The van der Waals surface area contributed by atoms with Gasteiger partial charge in [-0.15, -0.1) is 6.58 Å². The first-order valence-corrected chi connectivity index (χ1v) is 17.1. The molecule has 1 amide bonds. The predicted molar refractivity (Wildman–Crippen MR) is 163 cm³/mol. The summed E-state index contributed by atoms with van der Waals surface area (Å²) in [4.78, 5) is 14.2. The molecule has 4 atom stereocenters. The van der Waals surface area contributed by atoms with Crippen LogP contribution in [0.3, 0.4) is 0 Å². The number of rotatable bonds is 9. The minimum absolute atomic E-state index is 0.00386. The summed E-state index contributed by atoms with van der Waals surface area (Å²) in [5.41, 5.74) is -0.755. The number of hydrogen-bond donors (Lipinski definition) is 0. The Bertz CT molecular complexity index is 1120. The lowest BCUT2D eigenvalue weighted by atomic mass is 9.70. The molecular formula is C34H46F3NO2Si. The summed E-state index contributed by atoms with van der Waals surface area (Å²) in [5.74, 6) is -1.56. The third kappa shape index (κ3) is 6.08. The van der Waals surface area contributed by atoms with Crippen molar-refractivity contribution in [1.29, 1.82) is 0 Å². The molecule has 0 bridgehead atoms. The Hall–Kier alpha value is -2.38. The average Bonchev–Trinajstić information content (AvgIpc) is 3.34. The molecule has 0 unspecified atom stereocenters. The van der Waals surface area contributed by atoms with Crippen LogP contribution in [-0.4, -0.2) is 43.5 Å². The number of nitrogens with zero attached hydrogens (tertiary/aromatic N) is 1. The second kappa shape index (κ2) is 12.5. The zero-order valence-electron chi connectivity index (χ0n) is 25.1. The summed E-state index contributed by atoms with van der Waals surface area (Å²) >= 11 is 0. The van der Waals surface area contributed by atoms with E-state index in [2.05, 4.69) is 82.8 Å². The highest BCUT2D eigenvalue weighted by Gasteiger charge is 2.58. The van der Waals surface area contributed by atoms with E-state index in [0.717, 1.165) is 25.7 Å². The Morgan fingerprint density at radius 2 is 1.56 bits per heavy atom. The zero-order chi connectivity index (χ0) is 29.9. The van der Waals surface area contributed by atoms with Crippen molar-refractivity contribution in [3.8, 4) is 0 Å². The number of alkyl halides is 3. The third-order valence-corrected chi connectivity index (χ3v) is 14.7. The van der Waals surface area contributed by atoms with Crippen molar-refractivity contribution in [1.82, 2.24) is 4.90 Å². The summed E-state index contributed by atoms with van der Waals surface area (Å²) in [6.07, 6.45) is 2.27. The van der Waals surface area contributed by atoms with Crippen LogP contribution in [0.15, 0.2) is 73.3 Å². The van der Waals surface area contributed by atoms with Gasteiger partial charge in [-0.25, -0.2) is 0 Å². The molecule has 1 spiro atoms. The number of benzene rings is 2. The van der Waals surface area contributed by atoms with Gasteiger partial charge < -0.3 is 9.33 Å². The Balaban J connectivity index is 1.62. The summed E-state index contributed by atoms with van der Waals surface area (Å²) < 4.78 is 49.0. The van der Waals surface area contributed by atoms with Gasteiger partial charge in [0.1, 0.15) is 0 Å². The molecule has 3 nitrogen and oxygen atoms in total. The molecular weight excluding hydrogens is 539 g/mol. The molecule has 224 valence electrons. The molecule has 1 heterocycles. The summed E-state index contributed by atoms with van der Waals surface area (Å²) in [6, 6.07) is 20.5. The number of amides is 1. The standard InChI is InChI=1S/C34H46F3NO2Si/c1-6-15-27-16-13-23-33(38(27)31(39)34(35,36)37)24-14-21-30(33)26(2)22-25-40-41(32(3,4)5,28-17-9-7-10-18-28)29-19-11-8-12-20-29/h6-12,17-20,26-27,30H,1,13-16,21-25H2,2-5H3/t26-,27-,30+,33+/m0/s1.